The summed E-state index contributed by atoms with van der Waals surface area (Å²) in [4.78, 5) is 2.59. The lowest BCUT2D eigenvalue weighted by Crippen LogP contribution is -2.26. The van der Waals surface area contributed by atoms with Gasteiger partial charge >= 0.3 is 0 Å². The Hall–Kier alpha value is -5.92. The van der Waals surface area contributed by atoms with Gasteiger partial charge in [-0.25, -0.2) is 0 Å². The number of fused-ring (bicyclic) bond motifs is 13. The molecule has 1 heteroatoms. The van der Waals surface area contributed by atoms with Crippen molar-refractivity contribution in [3.63, 3.8) is 0 Å². The number of benzene rings is 5. The molecule has 0 radical (unpaired) electrons. The molecule has 0 saturated carbocycles. The van der Waals surface area contributed by atoms with Gasteiger partial charge in [0.15, 0.2) is 0 Å². The number of rotatable bonds is 5. The molecule has 0 aromatic heterocycles. The van der Waals surface area contributed by atoms with Crippen molar-refractivity contribution >= 4 is 16.9 Å². The summed E-state index contributed by atoms with van der Waals surface area (Å²) < 4.78 is 0. The van der Waals surface area contributed by atoms with Crippen LogP contribution in [0.2, 0.25) is 0 Å². The van der Waals surface area contributed by atoms with Gasteiger partial charge in [-0.1, -0.05) is 166 Å². The van der Waals surface area contributed by atoms with E-state index in [1.165, 1.54) is 89.4 Å². The number of nitrogens with zero attached hydrogens (tertiary/aromatic N) is 1. The molecule has 1 nitrogen and oxygen atoms in total. The molecule has 1 unspecified atom stereocenters. The van der Waals surface area contributed by atoms with Gasteiger partial charge in [-0.3, -0.25) is 0 Å². The lowest BCUT2D eigenvalue weighted by Gasteiger charge is -2.33. The Balaban J connectivity index is 1.30. The lowest BCUT2D eigenvalue weighted by molar-refractivity contribution is 0.660. The van der Waals surface area contributed by atoms with Crippen LogP contribution >= 0.6 is 0 Å². The fourth-order valence-electron chi connectivity index (χ4n) is 10.3. The van der Waals surface area contributed by atoms with E-state index in [1.807, 2.05) is 0 Å². The second kappa shape index (κ2) is 12.3. The number of allylic oxidation sites excluding steroid dienone is 13. The predicted molar refractivity (Wildman–Crippen MR) is 228 cm³/mol. The molecule has 262 valence electrons. The molecule has 5 aromatic carbocycles. The highest BCUT2D eigenvalue weighted by Gasteiger charge is 2.54. The molecule has 1 atom stereocenters. The Bertz CT molecular complexity index is 2560. The van der Waals surface area contributed by atoms with Gasteiger partial charge in [0.25, 0.3) is 0 Å². The van der Waals surface area contributed by atoms with Gasteiger partial charge in [0.2, 0.25) is 0 Å². The third-order valence-corrected chi connectivity index (χ3v) is 12.7. The van der Waals surface area contributed by atoms with Gasteiger partial charge in [-0.15, -0.1) is 0 Å². The summed E-state index contributed by atoms with van der Waals surface area (Å²) in [5.41, 5.74) is 20.9. The Morgan fingerprint density at radius 2 is 1.31 bits per heavy atom. The van der Waals surface area contributed by atoms with Crippen LogP contribution in [0.25, 0.3) is 27.8 Å². The highest BCUT2D eigenvalue weighted by atomic mass is 15.2. The van der Waals surface area contributed by atoms with Gasteiger partial charge in [-0.05, 0) is 111 Å². The second-order valence-corrected chi connectivity index (χ2v) is 15.8. The van der Waals surface area contributed by atoms with E-state index in [9.17, 15) is 0 Å². The van der Waals surface area contributed by atoms with Crippen molar-refractivity contribution in [2.75, 3.05) is 4.90 Å². The molecule has 1 spiro atoms. The van der Waals surface area contributed by atoms with Crippen molar-refractivity contribution < 1.29 is 0 Å². The Morgan fingerprint density at radius 1 is 0.667 bits per heavy atom. The zero-order valence-corrected chi connectivity index (χ0v) is 31.6. The molecule has 5 aliphatic carbocycles. The molecule has 0 fully saturated rings. The normalized spacial score (nSPS) is 20.0. The molecule has 0 amide bonds. The molecule has 5 aliphatic rings. The first-order valence-corrected chi connectivity index (χ1v) is 19.6. The van der Waals surface area contributed by atoms with Crippen LogP contribution in [0, 0.1) is 5.92 Å². The van der Waals surface area contributed by atoms with Crippen LogP contribution in [0.3, 0.4) is 0 Å². The van der Waals surface area contributed by atoms with Crippen molar-refractivity contribution in [3.8, 4) is 22.3 Å². The van der Waals surface area contributed by atoms with Crippen molar-refractivity contribution in [3.05, 3.63) is 220 Å². The summed E-state index contributed by atoms with van der Waals surface area (Å²) in [5.74, 6) is 0.249. The van der Waals surface area contributed by atoms with Crippen molar-refractivity contribution in [2.24, 2.45) is 5.92 Å². The van der Waals surface area contributed by atoms with E-state index >= 15 is 0 Å². The maximum absolute atomic E-state index is 2.59. The minimum atomic E-state index is -0.368. The third-order valence-electron chi connectivity index (χ3n) is 12.7. The van der Waals surface area contributed by atoms with Crippen molar-refractivity contribution in [2.45, 2.75) is 51.4 Å². The maximum Gasteiger partial charge on any atom is 0.0723 e. The average Bonchev–Trinajstić information content (AvgIpc) is 3.77. The molecule has 5 aromatic rings. The first-order valence-electron chi connectivity index (χ1n) is 19.6. The quantitative estimate of drug-likeness (QED) is 0.165. The Labute approximate surface area is 320 Å². The predicted octanol–water partition coefficient (Wildman–Crippen LogP) is 13.7. The zero-order chi connectivity index (χ0) is 36.6. The summed E-state index contributed by atoms with van der Waals surface area (Å²) in [6.07, 6.45) is 25.0. The minimum Gasteiger partial charge on any atom is -0.310 e. The van der Waals surface area contributed by atoms with E-state index in [4.69, 9.17) is 0 Å². The van der Waals surface area contributed by atoms with E-state index in [2.05, 4.69) is 203 Å². The van der Waals surface area contributed by atoms with Crippen LogP contribution < -0.4 is 4.90 Å². The Kier molecular flexibility index (Phi) is 7.46. The SMILES string of the molecule is C\C=C/C=C\C(=C1/C=CC=CC1C)N(c1ccc2c(c1)C(C)(C)c1ccccc1-2)c1cccc2c1C1=CCCC=C1C21c2ccccc2-c2ccccc21. The summed E-state index contributed by atoms with van der Waals surface area (Å²) in [6, 6.07) is 41.6. The fraction of sp³-hybridized carbons (Fsp3) is 0.170. The van der Waals surface area contributed by atoms with E-state index < -0.39 is 0 Å². The van der Waals surface area contributed by atoms with Gasteiger partial charge in [-0.2, -0.15) is 0 Å². The summed E-state index contributed by atoms with van der Waals surface area (Å²) in [7, 11) is 0. The molecule has 0 bridgehead atoms. The van der Waals surface area contributed by atoms with Crippen LogP contribution in [-0.4, -0.2) is 0 Å². The highest BCUT2D eigenvalue weighted by Crippen LogP contribution is 2.66. The van der Waals surface area contributed by atoms with Crippen LogP contribution in [0.15, 0.2) is 187 Å². The van der Waals surface area contributed by atoms with Crippen molar-refractivity contribution in [1.82, 2.24) is 0 Å². The van der Waals surface area contributed by atoms with E-state index in [0.717, 1.165) is 12.8 Å². The van der Waals surface area contributed by atoms with E-state index in [1.54, 1.807) is 0 Å². The highest BCUT2D eigenvalue weighted by molar-refractivity contribution is 6.04. The summed E-state index contributed by atoms with van der Waals surface area (Å²) in [5, 5.41) is 0. The summed E-state index contributed by atoms with van der Waals surface area (Å²) in [6.45, 7) is 9.18. The van der Waals surface area contributed by atoms with Gasteiger partial charge < -0.3 is 4.90 Å². The topological polar surface area (TPSA) is 3.24 Å². The molecular formula is C53H45N. The van der Waals surface area contributed by atoms with Crippen LogP contribution in [-0.2, 0) is 10.8 Å². The number of anilines is 2. The van der Waals surface area contributed by atoms with Crippen LogP contribution in [0.5, 0.6) is 0 Å². The first kappa shape index (κ1) is 32.7. The molecule has 0 saturated heterocycles. The third kappa shape index (κ3) is 4.45. The minimum absolute atomic E-state index is 0.121. The summed E-state index contributed by atoms with van der Waals surface area (Å²) >= 11 is 0. The smallest absolute Gasteiger partial charge is 0.0723 e. The van der Waals surface area contributed by atoms with E-state index in [-0.39, 0.29) is 16.7 Å². The maximum atomic E-state index is 2.59. The molecule has 0 N–H and O–H groups in total. The molecule has 10 rings (SSSR count). The van der Waals surface area contributed by atoms with Crippen LogP contribution in [0.1, 0.15) is 73.9 Å². The second-order valence-electron chi connectivity index (χ2n) is 15.8. The Morgan fingerprint density at radius 3 is 2.04 bits per heavy atom. The largest absolute Gasteiger partial charge is 0.310 e. The van der Waals surface area contributed by atoms with Gasteiger partial charge in [0, 0.05) is 28.3 Å². The van der Waals surface area contributed by atoms with E-state index in [0.29, 0.717) is 0 Å². The number of hydrogen-bond donors (Lipinski definition) is 0. The van der Waals surface area contributed by atoms with Gasteiger partial charge in [0.05, 0.1) is 11.1 Å². The van der Waals surface area contributed by atoms with Gasteiger partial charge in [0.1, 0.15) is 0 Å². The monoisotopic (exact) mass is 695 g/mol. The standard InChI is InChI=1S/C53H45N/c1-5-6-7-30-49(37-20-9-8-19-35(37)2)54(36-32-33-41-38-21-10-14-25-43(38)52(3,4)48(41)34-36)50-31-18-29-47-51(50)42-24-13-17-28-46(42)53(47)44-26-15-11-22-39(44)40-23-12-16-27-45(40)53/h5-12,14-16,18-35H,13,17H2,1-4H3/b6-5-,30-7-,49-37-. The molecule has 54 heavy (non-hydrogen) atoms. The van der Waals surface area contributed by atoms with Crippen molar-refractivity contribution in [1.29, 1.82) is 0 Å². The first-order chi connectivity index (χ1) is 26.5. The average molecular weight is 696 g/mol. The number of hydrogen-bond acceptors (Lipinski definition) is 1. The fourth-order valence-corrected chi connectivity index (χ4v) is 10.3. The van der Waals surface area contributed by atoms with Crippen LogP contribution in [0.4, 0.5) is 11.4 Å². The zero-order valence-electron chi connectivity index (χ0n) is 31.6. The lowest BCUT2D eigenvalue weighted by atomic mass is 9.69. The molecule has 0 heterocycles. The molecular weight excluding hydrogens is 651 g/mol. The molecule has 0 aliphatic heterocycles.